The van der Waals surface area contributed by atoms with Crippen LogP contribution in [-0.2, 0) is 0 Å². The summed E-state index contributed by atoms with van der Waals surface area (Å²) in [6.45, 7) is 2.79. The van der Waals surface area contributed by atoms with E-state index in [0.29, 0.717) is 5.56 Å². The Balaban J connectivity index is 1.83. The van der Waals surface area contributed by atoms with Crippen molar-refractivity contribution in [3.8, 4) is 5.69 Å². The van der Waals surface area contributed by atoms with Gasteiger partial charge in [0.1, 0.15) is 0 Å². The number of nitrogens with zero attached hydrogens (tertiary/aromatic N) is 3. The van der Waals surface area contributed by atoms with Crippen LogP contribution in [0.5, 0.6) is 0 Å². The summed E-state index contributed by atoms with van der Waals surface area (Å²) in [5, 5.41) is 4.20. The molecule has 1 fully saturated rings. The van der Waals surface area contributed by atoms with Crippen LogP contribution in [0.3, 0.4) is 0 Å². The van der Waals surface area contributed by atoms with Crippen molar-refractivity contribution in [3.05, 3.63) is 48.3 Å². The largest absolute Gasteiger partial charge is 0.336 e. The fourth-order valence-electron chi connectivity index (χ4n) is 2.88. The van der Waals surface area contributed by atoms with Crippen molar-refractivity contribution in [3.63, 3.8) is 0 Å². The van der Waals surface area contributed by atoms with E-state index < -0.39 is 0 Å². The quantitative estimate of drug-likeness (QED) is 0.915. The first-order valence-corrected chi connectivity index (χ1v) is 7.32. The van der Waals surface area contributed by atoms with Gasteiger partial charge in [-0.25, -0.2) is 4.68 Å². The van der Waals surface area contributed by atoms with E-state index in [1.54, 1.807) is 10.9 Å². The van der Waals surface area contributed by atoms with Gasteiger partial charge in [0.15, 0.2) is 0 Å². The summed E-state index contributed by atoms with van der Waals surface area (Å²) in [6.07, 6.45) is 5.33. The normalized spacial score (nSPS) is 22.3. The Labute approximate surface area is 124 Å². The maximum Gasteiger partial charge on any atom is 0.254 e. The standard InChI is InChI=1S/C16H20N4O/c1-12-10-14(17)6-9-19(12)16(21)13-4-2-5-15(11-13)20-8-3-7-18-20/h2-5,7-8,11-12,14H,6,9-10,17H2,1H3/t12-,14-/m1/s1. The predicted octanol–water partition coefficient (Wildman–Crippen LogP) is 1.82. The van der Waals surface area contributed by atoms with Gasteiger partial charge >= 0.3 is 0 Å². The topological polar surface area (TPSA) is 64.2 Å². The summed E-state index contributed by atoms with van der Waals surface area (Å²) < 4.78 is 1.76. The molecule has 2 heterocycles. The van der Waals surface area contributed by atoms with Crippen LogP contribution in [0.15, 0.2) is 42.7 Å². The van der Waals surface area contributed by atoms with Gasteiger partial charge in [-0.05, 0) is 44.0 Å². The number of amides is 1. The van der Waals surface area contributed by atoms with E-state index in [4.69, 9.17) is 5.73 Å². The molecule has 1 aromatic heterocycles. The van der Waals surface area contributed by atoms with Gasteiger partial charge in [0, 0.05) is 36.6 Å². The van der Waals surface area contributed by atoms with E-state index in [0.717, 1.165) is 25.1 Å². The van der Waals surface area contributed by atoms with Gasteiger partial charge in [-0.15, -0.1) is 0 Å². The summed E-state index contributed by atoms with van der Waals surface area (Å²) >= 11 is 0. The van der Waals surface area contributed by atoms with Crippen molar-refractivity contribution in [2.24, 2.45) is 5.73 Å². The number of aromatic nitrogens is 2. The lowest BCUT2D eigenvalue weighted by atomic mass is 9.98. The van der Waals surface area contributed by atoms with E-state index in [9.17, 15) is 4.79 Å². The average molecular weight is 284 g/mol. The highest BCUT2D eigenvalue weighted by Crippen LogP contribution is 2.20. The van der Waals surface area contributed by atoms with E-state index in [-0.39, 0.29) is 18.0 Å². The number of carbonyl (C=O) groups is 1. The zero-order valence-corrected chi connectivity index (χ0v) is 12.1. The van der Waals surface area contributed by atoms with Crippen LogP contribution in [0.25, 0.3) is 5.69 Å². The molecule has 110 valence electrons. The fourth-order valence-corrected chi connectivity index (χ4v) is 2.88. The molecule has 1 aliphatic rings. The molecule has 3 rings (SSSR count). The molecule has 5 nitrogen and oxygen atoms in total. The summed E-state index contributed by atoms with van der Waals surface area (Å²) in [4.78, 5) is 14.6. The minimum Gasteiger partial charge on any atom is -0.336 e. The molecule has 0 spiro atoms. The third-order valence-electron chi connectivity index (χ3n) is 4.04. The summed E-state index contributed by atoms with van der Waals surface area (Å²) in [5.41, 5.74) is 7.56. The number of likely N-dealkylation sites (tertiary alicyclic amines) is 1. The van der Waals surface area contributed by atoms with Crippen LogP contribution < -0.4 is 5.73 Å². The number of piperidine rings is 1. The molecular formula is C16H20N4O. The van der Waals surface area contributed by atoms with Crippen LogP contribution >= 0.6 is 0 Å². The minimum absolute atomic E-state index is 0.0726. The Morgan fingerprint density at radius 1 is 1.38 bits per heavy atom. The average Bonchev–Trinajstić information content (AvgIpc) is 3.01. The first-order chi connectivity index (χ1) is 10.1. The first kappa shape index (κ1) is 13.8. The lowest BCUT2D eigenvalue weighted by molar-refractivity contribution is 0.0619. The first-order valence-electron chi connectivity index (χ1n) is 7.32. The third-order valence-corrected chi connectivity index (χ3v) is 4.04. The second-order valence-electron chi connectivity index (χ2n) is 5.63. The van der Waals surface area contributed by atoms with E-state index in [1.165, 1.54) is 0 Å². The number of rotatable bonds is 2. The number of hydrogen-bond donors (Lipinski definition) is 1. The van der Waals surface area contributed by atoms with Crippen LogP contribution in [0.1, 0.15) is 30.1 Å². The maximum absolute atomic E-state index is 12.7. The van der Waals surface area contributed by atoms with Crippen molar-refractivity contribution in [2.45, 2.75) is 31.8 Å². The highest BCUT2D eigenvalue weighted by molar-refractivity contribution is 5.95. The zero-order valence-electron chi connectivity index (χ0n) is 12.1. The van der Waals surface area contributed by atoms with Crippen LogP contribution in [-0.4, -0.2) is 39.2 Å². The fraction of sp³-hybridized carbons (Fsp3) is 0.375. The van der Waals surface area contributed by atoms with Crippen molar-refractivity contribution < 1.29 is 4.79 Å². The molecule has 2 N–H and O–H groups in total. The summed E-state index contributed by atoms with van der Waals surface area (Å²) in [7, 11) is 0. The third kappa shape index (κ3) is 2.83. The predicted molar refractivity (Wildman–Crippen MR) is 81.3 cm³/mol. The molecule has 2 atom stereocenters. The molecule has 0 unspecified atom stereocenters. The van der Waals surface area contributed by atoms with Crippen molar-refractivity contribution in [1.82, 2.24) is 14.7 Å². The van der Waals surface area contributed by atoms with E-state index in [2.05, 4.69) is 12.0 Å². The van der Waals surface area contributed by atoms with Gasteiger partial charge in [-0.2, -0.15) is 5.10 Å². The molecular weight excluding hydrogens is 264 g/mol. The maximum atomic E-state index is 12.7. The Bertz CT molecular complexity index is 623. The lowest BCUT2D eigenvalue weighted by Crippen LogP contribution is -2.48. The SMILES string of the molecule is C[C@@H]1C[C@H](N)CCN1C(=O)c1cccc(-n2cccn2)c1. The Morgan fingerprint density at radius 2 is 2.24 bits per heavy atom. The molecule has 0 bridgehead atoms. The smallest absolute Gasteiger partial charge is 0.254 e. The molecule has 21 heavy (non-hydrogen) atoms. The minimum atomic E-state index is 0.0726. The van der Waals surface area contributed by atoms with E-state index >= 15 is 0 Å². The van der Waals surface area contributed by atoms with Gasteiger partial charge in [0.2, 0.25) is 0 Å². The molecule has 5 heteroatoms. The van der Waals surface area contributed by atoms with E-state index in [1.807, 2.05) is 41.4 Å². The number of benzene rings is 1. The highest BCUT2D eigenvalue weighted by Gasteiger charge is 2.27. The summed E-state index contributed by atoms with van der Waals surface area (Å²) in [6, 6.07) is 9.84. The molecule has 2 aromatic rings. The zero-order chi connectivity index (χ0) is 14.8. The lowest BCUT2D eigenvalue weighted by Gasteiger charge is -2.36. The van der Waals surface area contributed by atoms with Crippen LogP contribution in [0.4, 0.5) is 0 Å². The van der Waals surface area contributed by atoms with Crippen molar-refractivity contribution in [2.75, 3.05) is 6.54 Å². The van der Waals surface area contributed by atoms with Gasteiger partial charge in [0.05, 0.1) is 5.69 Å². The number of hydrogen-bond acceptors (Lipinski definition) is 3. The second-order valence-corrected chi connectivity index (χ2v) is 5.63. The Morgan fingerprint density at radius 3 is 2.95 bits per heavy atom. The number of nitrogens with two attached hydrogens (primary N) is 1. The molecule has 1 amide bonds. The van der Waals surface area contributed by atoms with Crippen LogP contribution in [0, 0.1) is 0 Å². The second kappa shape index (κ2) is 5.69. The van der Waals surface area contributed by atoms with Gasteiger partial charge in [-0.1, -0.05) is 6.07 Å². The van der Waals surface area contributed by atoms with Crippen molar-refractivity contribution >= 4 is 5.91 Å². The highest BCUT2D eigenvalue weighted by atomic mass is 16.2. The molecule has 0 aliphatic carbocycles. The summed E-state index contributed by atoms with van der Waals surface area (Å²) in [5.74, 6) is 0.0726. The van der Waals surface area contributed by atoms with Gasteiger partial charge in [0.25, 0.3) is 5.91 Å². The van der Waals surface area contributed by atoms with Crippen molar-refractivity contribution in [1.29, 1.82) is 0 Å². The number of carbonyl (C=O) groups excluding carboxylic acids is 1. The monoisotopic (exact) mass is 284 g/mol. The molecule has 1 saturated heterocycles. The Hall–Kier alpha value is -2.14. The Kier molecular flexibility index (Phi) is 3.75. The van der Waals surface area contributed by atoms with Gasteiger partial charge < -0.3 is 10.6 Å². The molecule has 1 aromatic carbocycles. The molecule has 0 radical (unpaired) electrons. The molecule has 0 saturated carbocycles. The molecule has 1 aliphatic heterocycles. The van der Waals surface area contributed by atoms with Crippen LogP contribution in [0.2, 0.25) is 0 Å². The van der Waals surface area contributed by atoms with Gasteiger partial charge in [-0.3, -0.25) is 4.79 Å².